The van der Waals surface area contributed by atoms with Crippen LogP contribution < -0.4 is 10.5 Å². The zero-order valence-electron chi connectivity index (χ0n) is 12.0. The van der Waals surface area contributed by atoms with Gasteiger partial charge in [0.15, 0.2) is 0 Å². The molecule has 1 fully saturated rings. The van der Waals surface area contributed by atoms with Crippen molar-refractivity contribution in [1.82, 2.24) is 4.72 Å². The molecule has 21 heavy (non-hydrogen) atoms. The minimum atomic E-state index is -3.47. The first-order valence-corrected chi connectivity index (χ1v) is 9.20. The normalized spacial score (nSPS) is 22.6. The molecule has 2 atom stereocenters. The van der Waals surface area contributed by atoms with Crippen LogP contribution in [0.4, 0.5) is 0 Å². The number of rotatable bonds is 4. The van der Waals surface area contributed by atoms with E-state index in [9.17, 15) is 8.42 Å². The zero-order chi connectivity index (χ0) is 14.8. The van der Waals surface area contributed by atoms with Gasteiger partial charge in [0.1, 0.15) is 0 Å². The molecule has 0 saturated heterocycles. The second-order valence-electron chi connectivity index (χ2n) is 5.42. The Labute approximate surface area is 141 Å². The lowest BCUT2D eigenvalue weighted by molar-refractivity contribution is 0.296. The lowest BCUT2D eigenvalue weighted by atomic mass is 9.85. The van der Waals surface area contributed by atoms with E-state index in [0.717, 1.165) is 35.7 Å². The third-order valence-corrected chi connectivity index (χ3v) is 6.34. The summed E-state index contributed by atoms with van der Waals surface area (Å²) >= 11 is 3.38. The minimum Gasteiger partial charge on any atom is -0.330 e. The first kappa shape index (κ1) is 18.9. The molecular formula is C14H22BrClN2O2S. The molecule has 2 unspecified atom stereocenters. The van der Waals surface area contributed by atoms with Crippen LogP contribution >= 0.6 is 28.3 Å². The molecule has 7 heteroatoms. The summed E-state index contributed by atoms with van der Waals surface area (Å²) in [5.74, 6) is 0.245. The summed E-state index contributed by atoms with van der Waals surface area (Å²) in [5, 5.41) is 0. The van der Waals surface area contributed by atoms with Crippen LogP contribution in [0.3, 0.4) is 0 Å². The van der Waals surface area contributed by atoms with Crippen LogP contribution in [0.2, 0.25) is 0 Å². The topological polar surface area (TPSA) is 72.2 Å². The maximum absolute atomic E-state index is 12.5. The lowest BCUT2D eigenvalue weighted by Gasteiger charge is -2.31. The van der Waals surface area contributed by atoms with E-state index in [4.69, 9.17) is 5.73 Å². The van der Waals surface area contributed by atoms with Gasteiger partial charge >= 0.3 is 0 Å². The Bertz CT molecular complexity index is 580. The summed E-state index contributed by atoms with van der Waals surface area (Å²) in [4.78, 5) is 0.319. The van der Waals surface area contributed by atoms with Gasteiger partial charge in [0.25, 0.3) is 0 Å². The minimum absolute atomic E-state index is 0. The molecule has 0 radical (unpaired) electrons. The van der Waals surface area contributed by atoms with Crippen LogP contribution in [0.1, 0.15) is 31.2 Å². The number of hydrogen-bond acceptors (Lipinski definition) is 3. The third kappa shape index (κ3) is 4.66. The van der Waals surface area contributed by atoms with Gasteiger partial charge in [-0.2, -0.15) is 0 Å². The fourth-order valence-electron chi connectivity index (χ4n) is 2.70. The van der Waals surface area contributed by atoms with E-state index in [1.165, 1.54) is 0 Å². The van der Waals surface area contributed by atoms with E-state index < -0.39 is 10.0 Å². The molecule has 1 aliphatic rings. The SMILES string of the molecule is Cc1cc(S(=O)(=O)NC2CCCCC2CN)ccc1Br.Cl. The number of hydrogen-bond donors (Lipinski definition) is 2. The first-order chi connectivity index (χ1) is 9.44. The van der Waals surface area contributed by atoms with E-state index in [2.05, 4.69) is 20.7 Å². The fraction of sp³-hybridized carbons (Fsp3) is 0.571. The molecule has 120 valence electrons. The van der Waals surface area contributed by atoms with Gasteiger partial charge in [0, 0.05) is 10.5 Å². The van der Waals surface area contributed by atoms with Crippen molar-refractivity contribution in [1.29, 1.82) is 0 Å². The smallest absolute Gasteiger partial charge is 0.240 e. The van der Waals surface area contributed by atoms with Gasteiger partial charge < -0.3 is 5.73 Å². The van der Waals surface area contributed by atoms with Crippen molar-refractivity contribution in [3.8, 4) is 0 Å². The molecule has 2 rings (SSSR count). The number of sulfonamides is 1. The highest BCUT2D eigenvalue weighted by Gasteiger charge is 2.28. The molecular weight excluding hydrogens is 376 g/mol. The van der Waals surface area contributed by atoms with Gasteiger partial charge in [-0.05, 0) is 56.0 Å². The highest BCUT2D eigenvalue weighted by atomic mass is 79.9. The van der Waals surface area contributed by atoms with Gasteiger partial charge in [-0.3, -0.25) is 0 Å². The van der Waals surface area contributed by atoms with Crippen molar-refractivity contribution >= 4 is 38.4 Å². The summed E-state index contributed by atoms with van der Waals surface area (Å²) in [6.07, 6.45) is 4.07. The average molecular weight is 398 g/mol. The monoisotopic (exact) mass is 396 g/mol. The van der Waals surface area contributed by atoms with Gasteiger partial charge in [-0.1, -0.05) is 28.8 Å². The molecule has 1 saturated carbocycles. The molecule has 4 nitrogen and oxygen atoms in total. The van der Waals surface area contributed by atoms with Crippen LogP contribution in [0.25, 0.3) is 0 Å². The van der Waals surface area contributed by atoms with Crippen molar-refractivity contribution in [2.24, 2.45) is 11.7 Å². The van der Waals surface area contributed by atoms with Crippen molar-refractivity contribution in [2.45, 2.75) is 43.5 Å². The van der Waals surface area contributed by atoms with Crippen LogP contribution in [0, 0.1) is 12.8 Å². The Kier molecular flexibility index (Phi) is 7.13. The molecule has 1 aliphatic carbocycles. The molecule has 3 N–H and O–H groups in total. The van der Waals surface area contributed by atoms with E-state index >= 15 is 0 Å². The number of halogens is 2. The second-order valence-corrected chi connectivity index (χ2v) is 7.99. The van der Waals surface area contributed by atoms with E-state index in [0.29, 0.717) is 11.4 Å². The van der Waals surface area contributed by atoms with Crippen molar-refractivity contribution < 1.29 is 8.42 Å². The lowest BCUT2D eigenvalue weighted by Crippen LogP contribution is -2.44. The van der Waals surface area contributed by atoms with E-state index in [1.807, 2.05) is 6.92 Å². The Morgan fingerprint density at radius 3 is 2.62 bits per heavy atom. The molecule has 0 amide bonds. The highest BCUT2D eigenvalue weighted by Crippen LogP contribution is 2.26. The number of aryl methyl sites for hydroxylation is 1. The summed E-state index contributed by atoms with van der Waals surface area (Å²) in [6, 6.07) is 5.04. The number of benzene rings is 1. The van der Waals surface area contributed by atoms with E-state index in [-0.39, 0.29) is 24.4 Å². The van der Waals surface area contributed by atoms with Crippen molar-refractivity contribution in [3.05, 3.63) is 28.2 Å². The summed E-state index contributed by atoms with van der Waals surface area (Å²) in [7, 11) is -3.47. The Morgan fingerprint density at radius 2 is 2.00 bits per heavy atom. The van der Waals surface area contributed by atoms with Crippen LogP contribution in [-0.4, -0.2) is 21.0 Å². The van der Waals surface area contributed by atoms with Crippen molar-refractivity contribution in [2.75, 3.05) is 6.54 Å². The summed E-state index contributed by atoms with van der Waals surface area (Å²) in [5.41, 5.74) is 6.66. The predicted molar refractivity (Wildman–Crippen MR) is 91.2 cm³/mol. The predicted octanol–water partition coefficient (Wildman–Crippen LogP) is 2.98. The standard InChI is InChI=1S/C14H21BrN2O2S.ClH/c1-10-8-12(6-7-13(10)15)20(18,19)17-14-5-3-2-4-11(14)9-16;/h6-8,11,14,17H,2-5,9,16H2,1H3;1H. The Hall–Kier alpha value is -0.140. The van der Waals surface area contributed by atoms with Crippen LogP contribution in [-0.2, 0) is 10.0 Å². The fourth-order valence-corrected chi connectivity index (χ4v) is 4.37. The molecule has 0 spiro atoms. The first-order valence-electron chi connectivity index (χ1n) is 6.92. The van der Waals surface area contributed by atoms with E-state index in [1.54, 1.807) is 18.2 Å². The molecule has 0 heterocycles. The van der Waals surface area contributed by atoms with Gasteiger partial charge in [0.05, 0.1) is 4.90 Å². The number of nitrogens with one attached hydrogen (secondary N) is 1. The molecule has 0 aliphatic heterocycles. The largest absolute Gasteiger partial charge is 0.330 e. The van der Waals surface area contributed by atoms with Crippen molar-refractivity contribution in [3.63, 3.8) is 0 Å². The second kappa shape index (κ2) is 7.92. The Balaban J connectivity index is 0.00000220. The van der Waals surface area contributed by atoms with Gasteiger partial charge in [0.2, 0.25) is 10.0 Å². The summed E-state index contributed by atoms with van der Waals surface area (Å²) in [6.45, 7) is 2.42. The molecule has 1 aromatic carbocycles. The Morgan fingerprint density at radius 1 is 1.33 bits per heavy atom. The van der Waals surface area contributed by atoms with Crippen LogP contribution in [0.5, 0.6) is 0 Å². The van der Waals surface area contributed by atoms with Crippen LogP contribution in [0.15, 0.2) is 27.6 Å². The zero-order valence-corrected chi connectivity index (χ0v) is 15.2. The molecule has 0 bridgehead atoms. The average Bonchev–Trinajstić information content (AvgIpc) is 2.42. The quantitative estimate of drug-likeness (QED) is 0.820. The summed E-state index contributed by atoms with van der Waals surface area (Å²) < 4.78 is 28.7. The number of nitrogens with two attached hydrogens (primary N) is 1. The maximum Gasteiger partial charge on any atom is 0.240 e. The third-order valence-electron chi connectivity index (χ3n) is 3.96. The highest BCUT2D eigenvalue weighted by molar-refractivity contribution is 9.10. The van der Waals surface area contributed by atoms with Gasteiger partial charge in [-0.15, -0.1) is 12.4 Å². The van der Waals surface area contributed by atoms with Gasteiger partial charge in [-0.25, -0.2) is 13.1 Å². The maximum atomic E-state index is 12.5. The molecule has 0 aromatic heterocycles. The molecule has 1 aromatic rings.